The van der Waals surface area contributed by atoms with E-state index in [1.807, 2.05) is 36.1 Å². The lowest BCUT2D eigenvalue weighted by atomic mass is 10.1. The molecule has 1 fully saturated rings. The Labute approximate surface area is 171 Å². The normalized spacial score (nSPS) is 14.3. The Kier molecular flexibility index (Phi) is 5.60. The average molecular weight is 390 g/mol. The molecule has 0 saturated carbocycles. The Hall–Kier alpha value is -3.15. The second kappa shape index (κ2) is 8.47. The van der Waals surface area contributed by atoms with Crippen molar-refractivity contribution in [2.45, 2.75) is 26.7 Å². The van der Waals surface area contributed by atoms with Gasteiger partial charge in [-0.3, -0.25) is 4.79 Å². The zero-order chi connectivity index (χ0) is 20.2. The monoisotopic (exact) mass is 390 g/mol. The molecule has 2 aromatic carbocycles. The van der Waals surface area contributed by atoms with Crippen LogP contribution in [-0.4, -0.2) is 47.1 Å². The maximum Gasteiger partial charge on any atom is 0.227 e. The molecule has 3 aromatic rings. The van der Waals surface area contributed by atoms with E-state index in [0.717, 1.165) is 37.3 Å². The fourth-order valence-corrected chi connectivity index (χ4v) is 3.63. The standard InChI is InChI=1S/C23H26N4O2/c1-17-7-9-19(10-8-17)26-13-15-27(16-14-26)22(28)12-11-21-24-23(25-29-21)20-6-4-3-5-18(20)2/h3-10H,11-16H2,1-2H3. The van der Waals surface area contributed by atoms with Gasteiger partial charge in [0, 0.05) is 50.3 Å². The van der Waals surface area contributed by atoms with Gasteiger partial charge < -0.3 is 14.3 Å². The summed E-state index contributed by atoms with van der Waals surface area (Å²) >= 11 is 0. The van der Waals surface area contributed by atoms with Crippen molar-refractivity contribution in [2.75, 3.05) is 31.1 Å². The molecule has 2 heterocycles. The fraction of sp³-hybridized carbons (Fsp3) is 0.348. The van der Waals surface area contributed by atoms with Crippen LogP contribution in [0, 0.1) is 13.8 Å². The van der Waals surface area contributed by atoms with Gasteiger partial charge in [-0.2, -0.15) is 4.98 Å². The second-order valence-electron chi connectivity index (χ2n) is 7.53. The van der Waals surface area contributed by atoms with Gasteiger partial charge in [0.25, 0.3) is 0 Å². The van der Waals surface area contributed by atoms with Crippen LogP contribution in [0.15, 0.2) is 53.1 Å². The third kappa shape index (κ3) is 4.47. The summed E-state index contributed by atoms with van der Waals surface area (Å²) in [5.41, 5.74) is 4.54. The summed E-state index contributed by atoms with van der Waals surface area (Å²) in [6.07, 6.45) is 0.857. The Morgan fingerprint density at radius 2 is 1.72 bits per heavy atom. The van der Waals surface area contributed by atoms with Gasteiger partial charge in [0.2, 0.25) is 17.6 Å². The lowest BCUT2D eigenvalue weighted by Crippen LogP contribution is -2.48. The van der Waals surface area contributed by atoms with E-state index in [-0.39, 0.29) is 5.91 Å². The van der Waals surface area contributed by atoms with Crippen LogP contribution in [0.25, 0.3) is 11.4 Å². The van der Waals surface area contributed by atoms with Crippen LogP contribution >= 0.6 is 0 Å². The predicted octanol–water partition coefficient (Wildman–Crippen LogP) is 3.63. The zero-order valence-electron chi connectivity index (χ0n) is 17.0. The molecule has 6 heteroatoms. The number of benzene rings is 2. The van der Waals surface area contributed by atoms with Gasteiger partial charge in [-0.25, -0.2) is 0 Å². The van der Waals surface area contributed by atoms with Gasteiger partial charge in [0.15, 0.2) is 0 Å². The number of hydrogen-bond donors (Lipinski definition) is 0. The van der Waals surface area contributed by atoms with Crippen molar-refractivity contribution >= 4 is 11.6 Å². The predicted molar refractivity (Wildman–Crippen MR) is 113 cm³/mol. The number of rotatable bonds is 5. The molecule has 0 N–H and O–H groups in total. The molecule has 6 nitrogen and oxygen atoms in total. The summed E-state index contributed by atoms with van der Waals surface area (Å²) in [7, 11) is 0. The number of hydrogen-bond acceptors (Lipinski definition) is 5. The van der Waals surface area contributed by atoms with Crippen molar-refractivity contribution in [3.63, 3.8) is 0 Å². The number of carbonyl (C=O) groups is 1. The van der Waals surface area contributed by atoms with Gasteiger partial charge in [0.05, 0.1) is 0 Å². The fourth-order valence-electron chi connectivity index (χ4n) is 3.63. The number of nitrogens with zero attached hydrogens (tertiary/aromatic N) is 4. The molecule has 1 aliphatic rings. The zero-order valence-corrected chi connectivity index (χ0v) is 17.0. The number of aryl methyl sites for hydroxylation is 3. The number of amides is 1. The summed E-state index contributed by atoms with van der Waals surface area (Å²) in [5.74, 6) is 1.23. The minimum absolute atomic E-state index is 0.143. The van der Waals surface area contributed by atoms with Crippen LogP contribution in [0.5, 0.6) is 0 Å². The minimum atomic E-state index is 0.143. The van der Waals surface area contributed by atoms with E-state index in [9.17, 15) is 4.79 Å². The summed E-state index contributed by atoms with van der Waals surface area (Å²) < 4.78 is 5.36. The Morgan fingerprint density at radius 3 is 2.45 bits per heavy atom. The molecule has 1 aromatic heterocycles. The first-order valence-corrected chi connectivity index (χ1v) is 10.1. The number of aromatic nitrogens is 2. The second-order valence-corrected chi connectivity index (χ2v) is 7.53. The van der Waals surface area contributed by atoms with Gasteiger partial charge in [-0.1, -0.05) is 47.1 Å². The van der Waals surface area contributed by atoms with Crippen molar-refractivity contribution < 1.29 is 9.32 Å². The maximum atomic E-state index is 12.6. The van der Waals surface area contributed by atoms with Crippen LogP contribution < -0.4 is 4.90 Å². The average Bonchev–Trinajstić information content (AvgIpc) is 3.22. The van der Waals surface area contributed by atoms with Crippen molar-refractivity contribution in [2.24, 2.45) is 0 Å². The van der Waals surface area contributed by atoms with Gasteiger partial charge in [0.1, 0.15) is 0 Å². The largest absolute Gasteiger partial charge is 0.368 e. The quantitative estimate of drug-likeness (QED) is 0.666. The lowest BCUT2D eigenvalue weighted by Gasteiger charge is -2.36. The lowest BCUT2D eigenvalue weighted by molar-refractivity contribution is -0.131. The Morgan fingerprint density at radius 1 is 1.00 bits per heavy atom. The maximum absolute atomic E-state index is 12.6. The van der Waals surface area contributed by atoms with E-state index in [2.05, 4.69) is 46.2 Å². The van der Waals surface area contributed by atoms with E-state index in [0.29, 0.717) is 24.6 Å². The van der Waals surface area contributed by atoms with Gasteiger partial charge in [-0.15, -0.1) is 0 Å². The van der Waals surface area contributed by atoms with Gasteiger partial charge in [-0.05, 0) is 31.5 Å². The molecule has 0 bridgehead atoms. The minimum Gasteiger partial charge on any atom is -0.368 e. The molecule has 0 spiro atoms. The molecular weight excluding hydrogens is 364 g/mol. The van der Waals surface area contributed by atoms with E-state index in [1.54, 1.807) is 0 Å². The summed E-state index contributed by atoms with van der Waals surface area (Å²) in [4.78, 5) is 21.3. The molecule has 1 amide bonds. The first-order chi connectivity index (χ1) is 14.1. The molecular formula is C23H26N4O2. The number of piperazine rings is 1. The van der Waals surface area contributed by atoms with Gasteiger partial charge >= 0.3 is 0 Å². The topological polar surface area (TPSA) is 62.5 Å². The first kappa shape index (κ1) is 19.2. The van der Waals surface area contributed by atoms with Crippen molar-refractivity contribution in [3.05, 3.63) is 65.5 Å². The highest BCUT2D eigenvalue weighted by atomic mass is 16.5. The summed E-state index contributed by atoms with van der Waals surface area (Å²) in [5, 5.41) is 4.07. The number of anilines is 1. The van der Waals surface area contributed by atoms with E-state index in [1.165, 1.54) is 11.3 Å². The highest BCUT2D eigenvalue weighted by Gasteiger charge is 2.22. The number of carbonyl (C=O) groups excluding carboxylic acids is 1. The SMILES string of the molecule is Cc1ccc(N2CCN(C(=O)CCc3nc(-c4ccccc4C)no3)CC2)cc1. The molecule has 0 atom stereocenters. The first-order valence-electron chi connectivity index (χ1n) is 10.1. The highest BCUT2D eigenvalue weighted by Crippen LogP contribution is 2.21. The third-order valence-corrected chi connectivity index (χ3v) is 5.44. The molecule has 4 rings (SSSR count). The molecule has 0 unspecified atom stereocenters. The Bertz CT molecular complexity index is 973. The van der Waals surface area contributed by atoms with Crippen molar-refractivity contribution in [3.8, 4) is 11.4 Å². The van der Waals surface area contributed by atoms with Crippen molar-refractivity contribution in [1.82, 2.24) is 15.0 Å². The molecule has 1 saturated heterocycles. The van der Waals surface area contributed by atoms with Crippen LogP contribution in [0.3, 0.4) is 0 Å². The molecule has 150 valence electrons. The summed E-state index contributed by atoms with van der Waals surface area (Å²) in [6, 6.07) is 16.5. The van der Waals surface area contributed by atoms with Crippen LogP contribution in [-0.2, 0) is 11.2 Å². The van der Waals surface area contributed by atoms with E-state index < -0.39 is 0 Å². The van der Waals surface area contributed by atoms with E-state index >= 15 is 0 Å². The molecule has 0 radical (unpaired) electrons. The van der Waals surface area contributed by atoms with Crippen LogP contribution in [0.4, 0.5) is 5.69 Å². The Balaban J connectivity index is 1.29. The smallest absolute Gasteiger partial charge is 0.227 e. The molecule has 29 heavy (non-hydrogen) atoms. The van der Waals surface area contributed by atoms with Crippen molar-refractivity contribution in [1.29, 1.82) is 0 Å². The third-order valence-electron chi connectivity index (χ3n) is 5.44. The molecule has 0 aliphatic carbocycles. The van der Waals surface area contributed by atoms with Crippen LogP contribution in [0.2, 0.25) is 0 Å². The van der Waals surface area contributed by atoms with E-state index in [4.69, 9.17) is 4.52 Å². The van der Waals surface area contributed by atoms with Crippen LogP contribution in [0.1, 0.15) is 23.4 Å². The summed E-state index contributed by atoms with van der Waals surface area (Å²) in [6.45, 7) is 7.30. The highest BCUT2D eigenvalue weighted by molar-refractivity contribution is 5.76. The molecule has 1 aliphatic heterocycles.